The number of hydrogen-bond donors (Lipinski definition) is 0. The number of rotatable bonds is 0. The van der Waals surface area contributed by atoms with Crippen LogP contribution in [0.4, 0.5) is 0 Å². The number of carbonyl (C=O) groups excluding carboxylic acids is 1. The second-order valence-electron chi connectivity index (χ2n) is 6.42. The predicted molar refractivity (Wildman–Crippen MR) is 54.9 cm³/mol. The van der Waals surface area contributed by atoms with E-state index < -0.39 is 0 Å². The van der Waals surface area contributed by atoms with E-state index in [2.05, 4.69) is 22.9 Å². The van der Waals surface area contributed by atoms with Crippen molar-refractivity contribution in [3.05, 3.63) is 0 Å². The molecule has 0 N–H and O–H groups in total. The smallest absolute Gasteiger partial charge is 0.140 e. The topological polar surface area (TPSA) is 17.1 Å². The summed E-state index contributed by atoms with van der Waals surface area (Å²) in [6.45, 7) is 2.40. The van der Waals surface area contributed by atoms with Gasteiger partial charge in [-0.05, 0) is 41.4 Å². The molecule has 0 aromatic heterocycles. The van der Waals surface area contributed by atoms with Crippen LogP contribution in [0.1, 0.15) is 13.3 Å². The molecule has 14 heavy (non-hydrogen) atoms. The molecule has 0 aromatic rings. The van der Waals surface area contributed by atoms with Crippen LogP contribution in [0.25, 0.3) is 0 Å². The summed E-state index contributed by atoms with van der Waals surface area (Å²) < 4.78 is 0. The van der Waals surface area contributed by atoms with Crippen LogP contribution in [-0.2, 0) is 4.79 Å². The lowest BCUT2D eigenvalue weighted by atomic mass is 9.64. The van der Waals surface area contributed by atoms with Crippen molar-refractivity contribution in [2.75, 3.05) is 0 Å². The third kappa shape index (κ3) is 0.391. The van der Waals surface area contributed by atoms with E-state index >= 15 is 0 Å². The molecule has 0 radical (unpaired) electrons. The first-order valence-corrected chi connectivity index (χ1v) is 6.76. The second kappa shape index (κ2) is 1.66. The number of Topliss-reactive ketones (excluding diaryl/α,β-unsaturated/α-hetero) is 1. The number of carbonyl (C=O) groups is 1. The molecule has 0 unspecified atom stereocenters. The first-order chi connectivity index (χ1) is 6.67. The first kappa shape index (κ1) is 7.43. The zero-order chi connectivity index (χ0) is 9.40. The van der Waals surface area contributed by atoms with Crippen LogP contribution in [0.2, 0.25) is 0 Å². The molecule has 6 fully saturated rings. The van der Waals surface area contributed by atoms with E-state index in [1.807, 2.05) is 0 Å². The Morgan fingerprint density at radius 3 is 2.86 bits per heavy atom. The fourth-order valence-corrected chi connectivity index (χ4v) is 8.05. The van der Waals surface area contributed by atoms with E-state index in [0.29, 0.717) is 27.9 Å². The van der Waals surface area contributed by atoms with Gasteiger partial charge in [0, 0.05) is 16.7 Å². The summed E-state index contributed by atoms with van der Waals surface area (Å²) in [4.78, 5) is 12.9. The van der Waals surface area contributed by atoms with Crippen LogP contribution in [0.15, 0.2) is 0 Å². The highest BCUT2D eigenvalue weighted by atomic mass is 79.9. The van der Waals surface area contributed by atoms with Crippen molar-refractivity contribution in [1.29, 1.82) is 0 Å². The normalized spacial score (nSPS) is 80.3. The second-order valence-corrected chi connectivity index (χ2v) is 7.40. The monoisotopic (exact) mass is 252 g/mol. The molecule has 0 heterocycles. The Bertz CT molecular complexity index is 390. The van der Waals surface area contributed by atoms with Gasteiger partial charge in [0.2, 0.25) is 0 Å². The van der Waals surface area contributed by atoms with Gasteiger partial charge in [0.1, 0.15) is 5.78 Å². The lowest BCUT2D eigenvalue weighted by molar-refractivity contribution is -0.122. The molecule has 0 aliphatic heterocycles. The number of halogens is 1. The average molecular weight is 253 g/mol. The molecule has 0 spiro atoms. The van der Waals surface area contributed by atoms with Gasteiger partial charge >= 0.3 is 0 Å². The molecular weight excluding hydrogens is 240 g/mol. The van der Waals surface area contributed by atoms with Crippen LogP contribution < -0.4 is 0 Å². The molecule has 74 valence electrons. The molecule has 6 aliphatic carbocycles. The number of ketones is 1. The van der Waals surface area contributed by atoms with E-state index in [4.69, 9.17) is 0 Å². The maximum absolute atomic E-state index is 12.2. The summed E-state index contributed by atoms with van der Waals surface area (Å²) in [5.41, 5.74) is 0.370. The third-order valence-corrected chi connectivity index (χ3v) is 8.22. The molecule has 9 atom stereocenters. The quantitative estimate of drug-likeness (QED) is 0.604. The van der Waals surface area contributed by atoms with Crippen molar-refractivity contribution in [2.45, 2.75) is 18.2 Å². The van der Waals surface area contributed by atoms with Gasteiger partial charge in [0.15, 0.2) is 0 Å². The summed E-state index contributed by atoms with van der Waals surface area (Å²) in [5, 5.41) is 0. The van der Waals surface area contributed by atoms with Crippen molar-refractivity contribution < 1.29 is 4.79 Å². The van der Waals surface area contributed by atoms with Gasteiger partial charge in [0.25, 0.3) is 0 Å². The van der Waals surface area contributed by atoms with Crippen molar-refractivity contribution in [2.24, 2.45) is 46.8 Å². The third-order valence-electron chi connectivity index (χ3n) is 6.63. The summed E-state index contributed by atoms with van der Waals surface area (Å²) >= 11 is 3.92. The minimum Gasteiger partial charge on any atom is -0.299 e. The molecule has 6 rings (SSSR count). The van der Waals surface area contributed by atoms with Crippen LogP contribution in [0.3, 0.4) is 0 Å². The molecule has 0 amide bonds. The Labute approximate surface area is 91.8 Å². The first-order valence-electron chi connectivity index (χ1n) is 5.85. The van der Waals surface area contributed by atoms with E-state index in [-0.39, 0.29) is 0 Å². The summed E-state index contributed by atoms with van der Waals surface area (Å²) in [7, 11) is 0. The van der Waals surface area contributed by atoms with E-state index in [9.17, 15) is 4.79 Å². The summed E-state index contributed by atoms with van der Waals surface area (Å²) in [6.07, 6.45) is 1.39. The fraction of sp³-hybridized carbons (Fsp3) is 0.917. The van der Waals surface area contributed by atoms with Crippen molar-refractivity contribution in [3.8, 4) is 0 Å². The zero-order valence-corrected chi connectivity index (χ0v) is 9.70. The standard InChI is InChI=1S/C12H13BrO/c1-12-8-4-2-3-5(6(4)11(12)13)9(12)10(14)7(3)8/h3-9,11H,2H2,1H3/t3-,4+,5-,6+,7-,8+,9-,11-,12+/m0/s1. The van der Waals surface area contributed by atoms with Crippen LogP contribution in [0.5, 0.6) is 0 Å². The summed E-state index contributed by atoms with van der Waals surface area (Å²) in [5.74, 6) is 5.85. The van der Waals surface area contributed by atoms with Gasteiger partial charge in [-0.1, -0.05) is 22.9 Å². The van der Waals surface area contributed by atoms with Crippen LogP contribution in [-0.4, -0.2) is 10.6 Å². The van der Waals surface area contributed by atoms with Crippen molar-refractivity contribution >= 4 is 21.7 Å². The minimum atomic E-state index is 0.370. The summed E-state index contributed by atoms with van der Waals surface area (Å²) in [6, 6.07) is 0. The highest BCUT2D eigenvalue weighted by molar-refractivity contribution is 9.09. The maximum atomic E-state index is 12.2. The Morgan fingerprint density at radius 2 is 2.14 bits per heavy atom. The highest BCUT2D eigenvalue weighted by Crippen LogP contribution is 2.86. The maximum Gasteiger partial charge on any atom is 0.140 e. The predicted octanol–water partition coefficient (Wildman–Crippen LogP) is 2.10. The van der Waals surface area contributed by atoms with Crippen molar-refractivity contribution in [3.63, 3.8) is 0 Å². The van der Waals surface area contributed by atoms with E-state index in [1.54, 1.807) is 0 Å². The lowest BCUT2D eigenvalue weighted by Gasteiger charge is -2.38. The molecule has 6 bridgehead atoms. The Balaban J connectivity index is 1.92. The van der Waals surface area contributed by atoms with Crippen LogP contribution >= 0.6 is 15.9 Å². The minimum absolute atomic E-state index is 0.370. The van der Waals surface area contributed by atoms with Gasteiger partial charge in [-0.2, -0.15) is 0 Å². The Kier molecular flexibility index (Phi) is 0.883. The molecule has 2 heteroatoms. The molecule has 1 nitrogen and oxygen atoms in total. The molecule has 6 aliphatic rings. The van der Waals surface area contributed by atoms with Crippen LogP contribution in [0, 0.1) is 46.8 Å². The fourth-order valence-electron chi connectivity index (χ4n) is 6.72. The lowest BCUT2D eigenvalue weighted by Crippen LogP contribution is -2.37. The Hall–Kier alpha value is 0.150. The zero-order valence-electron chi connectivity index (χ0n) is 8.11. The number of hydrogen-bond acceptors (Lipinski definition) is 1. The van der Waals surface area contributed by atoms with Gasteiger partial charge < -0.3 is 0 Å². The highest BCUT2D eigenvalue weighted by Gasteiger charge is 2.87. The SMILES string of the molecule is C[C@@]12[C@@H]3[C@@H]4C[C@@H]5[C@@H]3C(=O)[C@@H]1[C@@H]5[C@@H]4[C@@H]2Br. The Morgan fingerprint density at radius 1 is 1.36 bits per heavy atom. The average Bonchev–Trinajstić information content (AvgIpc) is 2.81. The number of alkyl halides is 1. The molecular formula is C12H13BrO. The van der Waals surface area contributed by atoms with Gasteiger partial charge in [-0.3, -0.25) is 4.79 Å². The van der Waals surface area contributed by atoms with Gasteiger partial charge in [0.05, 0.1) is 0 Å². The largest absolute Gasteiger partial charge is 0.299 e. The molecule has 0 aromatic carbocycles. The molecule has 0 saturated heterocycles. The van der Waals surface area contributed by atoms with E-state index in [0.717, 1.165) is 29.6 Å². The molecule has 6 saturated carbocycles. The van der Waals surface area contributed by atoms with Crippen molar-refractivity contribution in [1.82, 2.24) is 0 Å². The van der Waals surface area contributed by atoms with Gasteiger partial charge in [-0.25, -0.2) is 0 Å². The van der Waals surface area contributed by atoms with Gasteiger partial charge in [-0.15, -0.1) is 0 Å². The van der Waals surface area contributed by atoms with E-state index in [1.165, 1.54) is 6.42 Å².